The van der Waals surface area contributed by atoms with E-state index >= 15 is 0 Å². The second-order valence-electron chi connectivity index (χ2n) is 10.9. The maximum Gasteiger partial charge on any atom is 0.264 e. The fraction of sp³-hybridized carbons (Fsp3) is 0.235. The van der Waals surface area contributed by atoms with E-state index in [0.29, 0.717) is 11.4 Å². The Balaban J connectivity index is 1.43. The van der Waals surface area contributed by atoms with Crippen molar-refractivity contribution >= 4 is 43.2 Å². The molecule has 0 atom stereocenters. The van der Waals surface area contributed by atoms with Crippen molar-refractivity contribution in [1.29, 1.82) is 0 Å². The fourth-order valence-corrected chi connectivity index (χ4v) is 7.48. The van der Waals surface area contributed by atoms with Crippen molar-refractivity contribution in [2.24, 2.45) is 0 Å². The highest BCUT2D eigenvalue weighted by Gasteiger charge is 2.29. The van der Waals surface area contributed by atoms with E-state index in [9.17, 15) is 26.4 Å². The summed E-state index contributed by atoms with van der Waals surface area (Å²) in [4.78, 5) is 26.1. The third-order valence-corrected chi connectivity index (χ3v) is 11.1. The summed E-state index contributed by atoms with van der Waals surface area (Å²) in [5.74, 6) is -1.15. The standard InChI is InChI=1S/C34H38N4O6S2/c1-25-15-17-29(21-27(25)3)37(45(41,42)31-11-7-5-8-12-31)23-33(39)35-19-20-36-34(40)24-38(30-18-16-26(2)28(4)22-30)46(43,44)32-13-9-6-10-14-32/h5-18,21-22H,19-20,23-24H2,1-4H3,(H,35,39)(H,36,40). The van der Waals surface area contributed by atoms with E-state index in [1.165, 1.54) is 24.3 Å². The van der Waals surface area contributed by atoms with E-state index in [4.69, 9.17) is 0 Å². The van der Waals surface area contributed by atoms with Gasteiger partial charge in [-0.1, -0.05) is 48.5 Å². The molecular formula is C34H38N4O6S2. The van der Waals surface area contributed by atoms with Crippen LogP contribution in [0, 0.1) is 27.7 Å². The van der Waals surface area contributed by atoms with E-state index < -0.39 is 45.0 Å². The smallest absolute Gasteiger partial charge is 0.264 e. The molecule has 0 radical (unpaired) electrons. The van der Waals surface area contributed by atoms with Gasteiger partial charge in [-0.3, -0.25) is 18.2 Å². The highest BCUT2D eigenvalue weighted by atomic mass is 32.2. The molecule has 2 amide bonds. The van der Waals surface area contributed by atoms with Crippen molar-refractivity contribution in [2.75, 3.05) is 34.8 Å². The number of nitrogens with one attached hydrogen (secondary N) is 2. The number of hydrogen-bond acceptors (Lipinski definition) is 6. The lowest BCUT2D eigenvalue weighted by atomic mass is 10.1. The van der Waals surface area contributed by atoms with Crippen LogP contribution in [-0.2, 0) is 29.6 Å². The molecule has 0 spiro atoms. The largest absolute Gasteiger partial charge is 0.353 e. The highest BCUT2D eigenvalue weighted by Crippen LogP contribution is 2.27. The normalized spacial score (nSPS) is 11.5. The van der Waals surface area contributed by atoms with Gasteiger partial charge in [0.25, 0.3) is 20.0 Å². The number of anilines is 2. The maximum absolute atomic E-state index is 13.6. The molecule has 4 aromatic carbocycles. The molecule has 0 aromatic heterocycles. The highest BCUT2D eigenvalue weighted by molar-refractivity contribution is 7.93. The van der Waals surface area contributed by atoms with Gasteiger partial charge >= 0.3 is 0 Å². The maximum atomic E-state index is 13.6. The van der Waals surface area contributed by atoms with Crippen LogP contribution in [0.25, 0.3) is 0 Å². The number of sulfonamides is 2. The molecule has 0 saturated heterocycles. The second kappa shape index (κ2) is 14.6. The fourth-order valence-electron chi connectivity index (χ4n) is 4.61. The zero-order valence-electron chi connectivity index (χ0n) is 26.2. The Morgan fingerprint density at radius 1 is 0.522 bits per heavy atom. The molecule has 0 heterocycles. The molecule has 0 aliphatic rings. The number of carbonyl (C=O) groups excluding carboxylic acids is 2. The van der Waals surface area contributed by atoms with Gasteiger partial charge in [-0.15, -0.1) is 0 Å². The molecule has 46 heavy (non-hydrogen) atoms. The summed E-state index contributed by atoms with van der Waals surface area (Å²) in [5, 5.41) is 5.30. The number of hydrogen-bond donors (Lipinski definition) is 2. The van der Waals surface area contributed by atoms with Crippen LogP contribution in [-0.4, -0.2) is 54.8 Å². The quantitative estimate of drug-likeness (QED) is 0.206. The SMILES string of the molecule is Cc1ccc(N(CC(=O)NCCNC(=O)CN(c2ccc(C)c(C)c2)S(=O)(=O)c2ccccc2)S(=O)(=O)c2ccccc2)cc1C. The number of amides is 2. The van der Waals surface area contributed by atoms with Gasteiger partial charge in [0.1, 0.15) is 13.1 Å². The van der Waals surface area contributed by atoms with Crippen molar-refractivity contribution in [3.8, 4) is 0 Å². The molecule has 242 valence electrons. The lowest BCUT2D eigenvalue weighted by Crippen LogP contribution is -2.45. The summed E-state index contributed by atoms with van der Waals surface area (Å²) in [6, 6.07) is 26.1. The van der Waals surface area contributed by atoms with Gasteiger partial charge in [0.15, 0.2) is 0 Å². The zero-order valence-corrected chi connectivity index (χ0v) is 27.9. The van der Waals surface area contributed by atoms with Crippen LogP contribution in [0.15, 0.2) is 107 Å². The Labute approximate surface area is 271 Å². The van der Waals surface area contributed by atoms with Gasteiger partial charge in [0.05, 0.1) is 21.2 Å². The Morgan fingerprint density at radius 2 is 0.870 bits per heavy atom. The minimum Gasteiger partial charge on any atom is -0.353 e. The molecule has 0 bridgehead atoms. The van der Waals surface area contributed by atoms with Crippen molar-refractivity contribution in [3.63, 3.8) is 0 Å². The second-order valence-corrected chi connectivity index (χ2v) is 14.6. The average molecular weight is 663 g/mol. The first kappa shape index (κ1) is 34.2. The predicted octanol–water partition coefficient (Wildman–Crippen LogP) is 4.24. The summed E-state index contributed by atoms with van der Waals surface area (Å²) >= 11 is 0. The van der Waals surface area contributed by atoms with Crippen molar-refractivity contribution < 1.29 is 26.4 Å². The molecule has 0 saturated carbocycles. The van der Waals surface area contributed by atoms with Crippen LogP contribution in [0.2, 0.25) is 0 Å². The number of nitrogens with zero attached hydrogens (tertiary/aromatic N) is 2. The minimum atomic E-state index is -4.07. The third kappa shape index (κ3) is 8.12. The van der Waals surface area contributed by atoms with E-state index in [0.717, 1.165) is 30.9 Å². The summed E-state index contributed by atoms with van der Waals surface area (Å²) in [7, 11) is -8.13. The van der Waals surface area contributed by atoms with Crippen LogP contribution in [0.3, 0.4) is 0 Å². The molecule has 10 nitrogen and oxygen atoms in total. The summed E-state index contributed by atoms with van der Waals surface area (Å²) in [6.07, 6.45) is 0. The molecule has 0 aliphatic carbocycles. The molecule has 12 heteroatoms. The first-order valence-electron chi connectivity index (χ1n) is 14.6. The Morgan fingerprint density at radius 3 is 1.20 bits per heavy atom. The third-order valence-electron chi connectivity index (χ3n) is 7.56. The number of aryl methyl sites for hydroxylation is 4. The Bertz CT molecular complexity index is 1770. The summed E-state index contributed by atoms with van der Waals surface area (Å²) in [5.41, 5.74) is 4.40. The average Bonchev–Trinajstić information content (AvgIpc) is 3.04. The number of carbonyl (C=O) groups is 2. The van der Waals surface area contributed by atoms with Crippen LogP contribution in [0.1, 0.15) is 22.3 Å². The first-order chi connectivity index (χ1) is 21.8. The van der Waals surface area contributed by atoms with Gasteiger partial charge in [-0.25, -0.2) is 16.8 Å². The number of rotatable bonds is 13. The van der Waals surface area contributed by atoms with E-state index in [1.54, 1.807) is 72.8 Å². The Hall–Kier alpha value is -4.68. The molecular weight excluding hydrogens is 625 g/mol. The first-order valence-corrected chi connectivity index (χ1v) is 17.5. The van der Waals surface area contributed by atoms with Crippen molar-refractivity contribution in [2.45, 2.75) is 37.5 Å². The molecule has 2 N–H and O–H groups in total. The summed E-state index contributed by atoms with van der Waals surface area (Å²) in [6.45, 7) is 6.56. The van der Waals surface area contributed by atoms with Gasteiger partial charge in [0.2, 0.25) is 11.8 Å². The molecule has 0 unspecified atom stereocenters. The van der Waals surface area contributed by atoms with Crippen molar-refractivity contribution in [1.82, 2.24) is 10.6 Å². The molecule has 4 rings (SSSR count). The van der Waals surface area contributed by atoms with E-state index in [2.05, 4.69) is 10.6 Å². The lowest BCUT2D eigenvalue weighted by molar-refractivity contribution is -0.121. The van der Waals surface area contributed by atoms with Crippen LogP contribution >= 0.6 is 0 Å². The van der Waals surface area contributed by atoms with E-state index in [-0.39, 0.29) is 22.9 Å². The van der Waals surface area contributed by atoms with Crippen molar-refractivity contribution in [3.05, 3.63) is 119 Å². The monoisotopic (exact) mass is 662 g/mol. The van der Waals surface area contributed by atoms with Crippen LogP contribution in [0.4, 0.5) is 11.4 Å². The molecule has 0 fully saturated rings. The minimum absolute atomic E-state index is 0.00814. The lowest BCUT2D eigenvalue weighted by Gasteiger charge is -2.25. The molecule has 0 aliphatic heterocycles. The topological polar surface area (TPSA) is 133 Å². The van der Waals surface area contributed by atoms with Crippen LogP contribution < -0.4 is 19.2 Å². The zero-order chi connectivity index (χ0) is 33.5. The van der Waals surface area contributed by atoms with Gasteiger partial charge < -0.3 is 10.6 Å². The van der Waals surface area contributed by atoms with Crippen LogP contribution in [0.5, 0.6) is 0 Å². The Kier molecular flexibility index (Phi) is 10.9. The van der Waals surface area contributed by atoms with Gasteiger partial charge in [0, 0.05) is 13.1 Å². The van der Waals surface area contributed by atoms with Gasteiger partial charge in [-0.05, 0) is 98.5 Å². The molecule has 4 aromatic rings. The summed E-state index contributed by atoms with van der Waals surface area (Å²) < 4.78 is 56.4. The predicted molar refractivity (Wildman–Crippen MR) is 180 cm³/mol. The van der Waals surface area contributed by atoms with Gasteiger partial charge in [-0.2, -0.15) is 0 Å². The van der Waals surface area contributed by atoms with E-state index in [1.807, 2.05) is 27.7 Å². The number of benzene rings is 4.